The number of nitrogens with one attached hydrogen (secondary N) is 2. The van der Waals surface area contributed by atoms with Crippen molar-refractivity contribution in [3.05, 3.63) is 47.8 Å². The van der Waals surface area contributed by atoms with Crippen molar-refractivity contribution in [3.8, 4) is 0 Å². The topological polar surface area (TPSA) is 97.2 Å². The fourth-order valence-corrected chi connectivity index (χ4v) is 1.61. The Hall–Kier alpha value is -2.76. The maximum atomic E-state index is 11.9. The van der Waals surface area contributed by atoms with Gasteiger partial charge in [-0.2, -0.15) is 0 Å². The SMILES string of the molecule is COC(=O)c1ccccc1NC(=O)c1cc(N)c[nH]1. The third-order valence-electron chi connectivity index (χ3n) is 2.53. The first-order chi connectivity index (χ1) is 9.11. The Balaban J connectivity index is 2.24. The van der Waals surface area contributed by atoms with Gasteiger partial charge in [-0.15, -0.1) is 0 Å². The molecule has 0 unspecified atom stereocenters. The monoisotopic (exact) mass is 259 g/mol. The summed E-state index contributed by atoms with van der Waals surface area (Å²) in [5.74, 6) is -0.894. The van der Waals surface area contributed by atoms with Crippen molar-refractivity contribution in [3.63, 3.8) is 0 Å². The van der Waals surface area contributed by atoms with Crippen LogP contribution in [-0.2, 0) is 4.74 Å². The molecule has 2 rings (SSSR count). The number of nitrogen functional groups attached to an aromatic ring is 1. The van der Waals surface area contributed by atoms with E-state index >= 15 is 0 Å². The summed E-state index contributed by atoms with van der Waals surface area (Å²) >= 11 is 0. The number of aromatic nitrogens is 1. The molecule has 19 heavy (non-hydrogen) atoms. The van der Waals surface area contributed by atoms with Gasteiger partial charge in [0, 0.05) is 11.9 Å². The summed E-state index contributed by atoms with van der Waals surface area (Å²) in [6.07, 6.45) is 1.52. The predicted molar refractivity (Wildman–Crippen MR) is 70.9 cm³/mol. The van der Waals surface area contributed by atoms with Crippen molar-refractivity contribution in [1.29, 1.82) is 0 Å². The molecule has 0 aliphatic rings. The average Bonchev–Trinajstić information content (AvgIpc) is 2.85. The van der Waals surface area contributed by atoms with E-state index in [2.05, 4.69) is 15.0 Å². The highest BCUT2D eigenvalue weighted by Crippen LogP contribution is 2.17. The number of ether oxygens (including phenoxy) is 1. The Morgan fingerprint density at radius 3 is 2.68 bits per heavy atom. The van der Waals surface area contributed by atoms with Crippen LogP contribution in [0.5, 0.6) is 0 Å². The second kappa shape index (κ2) is 5.26. The minimum Gasteiger partial charge on any atom is -0.465 e. The highest BCUT2D eigenvalue weighted by Gasteiger charge is 2.14. The molecule has 1 amide bonds. The normalized spacial score (nSPS) is 9.95. The van der Waals surface area contributed by atoms with Crippen LogP contribution >= 0.6 is 0 Å². The fraction of sp³-hybridized carbons (Fsp3) is 0.0769. The number of hydrogen-bond acceptors (Lipinski definition) is 4. The smallest absolute Gasteiger partial charge is 0.339 e. The average molecular weight is 259 g/mol. The number of aromatic amines is 1. The highest BCUT2D eigenvalue weighted by atomic mass is 16.5. The van der Waals surface area contributed by atoms with Crippen LogP contribution in [0.4, 0.5) is 11.4 Å². The van der Waals surface area contributed by atoms with E-state index in [9.17, 15) is 9.59 Å². The third-order valence-corrected chi connectivity index (χ3v) is 2.53. The van der Waals surface area contributed by atoms with Gasteiger partial charge >= 0.3 is 5.97 Å². The van der Waals surface area contributed by atoms with Crippen LogP contribution in [-0.4, -0.2) is 24.0 Å². The minimum atomic E-state index is -0.512. The van der Waals surface area contributed by atoms with Crippen molar-refractivity contribution < 1.29 is 14.3 Å². The molecule has 0 aliphatic heterocycles. The van der Waals surface area contributed by atoms with E-state index < -0.39 is 5.97 Å². The maximum absolute atomic E-state index is 11.9. The van der Waals surface area contributed by atoms with E-state index in [4.69, 9.17) is 5.73 Å². The number of rotatable bonds is 3. The van der Waals surface area contributed by atoms with E-state index in [1.807, 2.05) is 0 Å². The number of carbonyl (C=O) groups is 2. The van der Waals surface area contributed by atoms with Crippen LogP contribution in [0.3, 0.4) is 0 Å². The zero-order valence-corrected chi connectivity index (χ0v) is 10.3. The van der Waals surface area contributed by atoms with Gasteiger partial charge in [0.05, 0.1) is 18.4 Å². The Kier molecular flexibility index (Phi) is 3.51. The largest absolute Gasteiger partial charge is 0.465 e. The molecule has 98 valence electrons. The van der Waals surface area contributed by atoms with Crippen LogP contribution in [0, 0.1) is 0 Å². The molecule has 0 atom stereocenters. The molecule has 6 nitrogen and oxygen atoms in total. The van der Waals surface area contributed by atoms with Crippen molar-refractivity contribution in [2.24, 2.45) is 0 Å². The number of H-pyrrole nitrogens is 1. The van der Waals surface area contributed by atoms with E-state index in [-0.39, 0.29) is 11.5 Å². The Morgan fingerprint density at radius 1 is 1.32 bits per heavy atom. The molecule has 0 radical (unpaired) electrons. The van der Waals surface area contributed by atoms with Gasteiger partial charge in [-0.25, -0.2) is 4.79 Å². The molecule has 1 aromatic heterocycles. The molecule has 0 spiro atoms. The zero-order valence-electron chi connectivity index (χ0n) is 10.3. The second-order valence-electron chi connectivity index (χ2n) is 3.84. The van der Waals surface area contributed by atoms with Crippen molar-refractivity contribution in [2.75, 3.05) is 18.2 Å². The molecule has 0 fully saturated rings. The number of carbonyl (C=O) groups excluding carboxylic acids is 2. The first kappa shape index (κ1) is 12.7. The van der Waals surface area contributed by atoms with Gasteiger partial charge in [-0.1, -0.05) is 12.1 Å². The quantitative estimate of drug-likeness (QED) is 0.730. The van der Waals surface area contributed by atoms with Crippen LogP contribution in [0.25, 0.3) is 0 Å². The second-order valence-corrected chi connectivity index (χ2v) is 3.84. The van der Waals surface area contributed by atoms with Gasteiger partial charge in [0.1, 0.15) is 5.69 Å². The minimum absolute atomic E-state index is 0.290. The number of esters is 1. The van der Waals surface area contributed by atoms with Crippen LogP contribution < -0.4 is 11.1 Å². The number of hydrogen-bond donors (Lipinski definition) is 3. The Labute approximate surface area is 109 Å². The summed E-state index contributed by atoms with van der Waals surface area (Å²) in [4.78, 5) is 26.2. The number of anilines is 2. The van der Waals surface area contributed by atoms with Gasteiger partial charge in [-0.05, 0) is 18.2 Å². The van der Waals surface area contributed by atoms with E-state index in [0.717, 1.165) is 0 Å². The summed E-state index contributed by atoms with van der Waals surface area (Å²) < 4.78 is 4.65. The molecule has 0 saturated heterocycles. The molecule has 6 heteroatoms. The lowest BCUT2D eigenvalue weighted by Gasteiger charge is -2.08. The van der Waals surface area contributed by atoms with Gasteiger partial charge in [-0.3, -0.25) is 4.79 Å². The van der Waals surface area contributed by atoms with Gasteiger partial charge < -0.3 is 20.8 Å². The van der Waals surface area contributed by atoms with Crippen LogP contribution in [0.2, 0.25) is 0 Å². The van der Waals surface area contributed by atoms with Crippen molar-refractivity contribution in [2.45, 2.75) is 0 Å². The number of nitrogens with two attached hydrogens (primary N) is 1. The van der Waals surface area contributed by atoms with Gasteiger partial charge in [0.15, 0.2) is 0 Å². The molecule has 1 heterocycles. The molecular weight excluding hydrogens is 246 g/mol. The first-order valence-electron chi connectivity index (χ1n) is 5.54. The molecule has 2 aromatic rings. The molecule has 1 aromatic carbocycles. The Bertz CT molecular complexity index is 619. The van der Waals surface area contributed by atoms with Crippen molar-refractivity contribution >= 4 is 23.3 Å². The van der Waals surface area contributed by atoms with Gasteiger partial charge in [0.25, 0.3) is 5.91 Å². The molecule has 0 aliphatic carbocycles. The van der Waals surface area contributed by atoms with E-state index in [0.29, 0.717) is 17.1 Å². The lowest BCUT2D eigenvalue weighted by atomic mass is 10.1. The Morgan fingerprint density at radius 2 is 2.05 bits per heavy atom. The maximum Gasteiger partial charge on any atom is 0.339 e. The third kappa shape index (κ3) is 2.74. The van der Waals surface area contributed by atoms with E-state index in [1.165, 1.54) is 19.4 Å². The summed E-state index contributed by atoms with van der Waals surface area (Å²) in [5.41, 5.74) is 6.98. The van der Waals surface area contributed by atoms with Crippen molar-refractivity contribution in [1.82, 2.24) is 4.98 Å². The number of benzene rings is 1. The van der Waals surface area contributed by atoms with Gasteiger partial charge in [0.2, 0.25) is 0 Å². The highest BCUT2D eigenvalue weighted by molar-refractivity contribution is 6.07. The fourth-order valence-electron chi connectivity index (χ4n) is 1.61. The summed E-state index contributed by atoms with van der Waals surface area (Å²) in [5, 5.41) is 2.63. The lowest BCUT2D eigenvalue weighted by molar-refractivity contribution is 0.0602. The first-order valence-corrected chi connectivity index (χ1v) is 5.54. The molecule has 4 N–H and O–H groups in total. The number of methoxy groups -OCH3 is 1. The molecule has 0 saturated carbocycles. The lowest BCUT2D eigenvalue weighted by Crippen LogP contribution is -2.15. The summed E-state index contributed by atoms with van der Waals surface area (Å²) in [6, 6.07) is 8.11. The van der Waals surface area contributed by atoms with Crippen LogP contribution in [0.15, 0.2) is 36.5 Å². The van der Waals surface area contributed by atoms with E-state index in [1.54, 1.807) is 24.3 Å². The summed E-state index contributed by atoms with van der Waals surface area (Å²) in [6.45, 7) is 0. The summed E-state index contributed by atoms with van der Waals surface area (Å²) in [7, 11) is 1.28. The molecular formula is C13H13N3O3. The number of amides is 1. The zero-order chi connectivity index (χ0) is 13.8. The standard InChI is InChI=1S/C13H13N3O3/c1-19-13(18)9-4-2-3-5-10(9)16-12(17)11-6-8(14)7-15-11/h2-7,15H,14H2,1H3,(H,16,17). The number of para-hydroxylation sites is 1. The predicted octanol–water partition coefficient (Wildman–Crippen LogP) is 1.64. The van der Waals surface area contributed by atoms with Crippen LogP contribution in [0.1, 0.15) is 20.8 Å². The molecule has 0 bridgehead atoms.